The minimum absolute atomic E-state index is 0.0376. The average Bonchev–Trinajstić information content (AvgIpc) is 2.57. The van der Waals surface area contributed by atoms with E-state index in [4.69, 9.17) is 10.3 Å². The Labute approximate surface area is 156 Å². The van der Waals surface area contributed by atoms with Gasteiger partial charge in [-0.3, -0.25) is 14.1 Å². The number of benzene rings is 2. The van der Waals surface area contributed by atoms with Gasteiger partial charge in [0, 0.05) is 0 Å². The van der Waals surface area contributed by atoms with Crippen LogP contribution in [0.5, 0.6) is 5.75 Å². The fraction of sp³-hybridized carbons (Fsp3) is 0.267. The third-order valence-corrected chi connectivity index (χ3v) is 4.84. The molecular formula is C15H19N3O7S2. The Morgan fingerprint density at radius 1 is 1.11 bits per heavy atom. The maximum atomic E-state index is 11.5. The molecule has 0 aromatic heterocycles. The smallest absolute Gasteiger partial charge is 0.296 e. The van der Waals surface area contributed by atoms with Gasteiger partial charge in [-0.15, -0.1) is 0 Å². The first-order valence-corrected chi connectivity index (χ1v) is 10.3. The summed E-state index contributed by atoms with van der Waals surface area (Å²) in [4.78, 5) is 2.31. The van der Waals surface area contributed by atoms with Crippen molar-refractivity contribution in [2.24, 2.45) is 10.1 Å². The highest BCUT2D eigenvalue weighted by Crippen LogP contribution is 2.45. The Morgan fingerprint density at radius 3 is 2.04 bits per heavy atom. The average molecular weight is 417 g/mol. The maximum absolute atomic E-state index is 11.5. The van der Waals surface area contributed by atoms with Gasteiger partial charge in [0.05, 0.1) is 23.1 Å². The topological polar surface area (TPSA) is 167 Å². The molecule has 27 heavy (non-hydrogen) atoms. The lowest BCUT2D eigenvalue weighted by atomic mass is 10.1. The minimum atomic E-state index is -4.79. The molecule has 0 aliphatic heterocycles. The Kier molecular flexibility index (Phi) is 7.14. The molecule has 0 unspecified atom stereocenters. The van der Waals surface area contributed by atoms with Crippen LogP contribution in [0.15, 0.2) is 38.1 Å². The monoisotopic (exact) mass is 417 g/mol. The molecule has 0 bridgehead atoms. The quantitative estimate of drug-likeness (QED) is 0.378. The van der Waals surface area contributed by atoms with Gasteiger partial charge in [0.15, 0.2) is 5.75 Å². The van der Waals surface area contributed by atoms with Gasteiger partial charge < -0.3 is 4.74 Å². The van der Waals surface area contributed by atoms with Crippen LogP contribution in [-0.2, 0) is 20.2 Å². The van der Waals surface area contributed by atoms with Crippen molar-refractivity contribution in [3.8, 4) is 5.75 Å². The normalized spacial score (nSPS) is 11.4. The summed E-state index contributed by atoms with van der Waals surface area (Å²) in [5.74, 6) is -0.223. The van der Waals surface area contributed by atoms with E-state index in [-0.39, 0.29) is 22.2 Å². The first kappa shape index (κ1) is 22.6. The van der Waals surface area contributed by atoms with Crippen molar-refractivity contribution < 1.29 is 30.7 Å². The van der Waals surface area contributed by atoms with Crippen LogP contribution in [0.3, 0.4) is 0 Å². The number of fused-ring (bicyclic) bond motifs is 1. The second-order valence-electron chi connectivity index (χ2n) is 5.22. The number of nitrogens with one attached hydrogen (secondary N) is 1. The zero-order chi connectivity index (χ0) is 21.0. The highest BCUT2D eigenvalue weighted by atomic mass is 32.2. The molecule has 0 atom stereocenters. The van der Waals surface area contributed by atoms with Gasteiger partial charge in [-0.05, 0) is 30.3 Å². The van der Waals surface area contributed by atoms with Gasteiger partial charge in [0.2, 0.25) is 0 Å². The van der Waals surface area contributed by atoms with Gasteiger partial charge in [0.25, 0.3) is 20.2 Å². The molecule has 3 N–H and O–H groups in total. The fourth-order valence-electron chi connectivity index (χ4n) is 2.20. The van der Waals surface area contributed by atoms with Crippen molar-refractivity contribution in [2.45, 2.75) is 30.1 Å². The second kappa shape index (κ2) is 8.52. The zero-order valence-corrected chi connectivity index (χ0v) is 16.4. The molecule has 0 spiro atoms. The van der Waals surface area contributed by atoms with Crippen LogP contribution in [0.4, 0.5) is 11.4 Å². The Bertz CT molecular complexity index is 1090. The fourth-order valence-corrected chi connectivity index (χ4v) is 3.39. The number of nitrogens with zero attached hydrogens (tertiary/aromatic N) is 2. The predicted molar refractivity (Wildman–Crippen MR) is 100 cm³/mol. The lowest BCUT2D eigenvalue weighted by Crippen LogP contribution is -2.02. The predicted octanol–water partition coefficient (Wildman–Crippen LogP) is 3.75. The van der Waals surface area contributed by atoms with Crippen LogP contribution >= 0.6 is 0 Å². The van der Waals surface area contributed by atoms with E-state index in [1.807, 2.05) is 0 Å². The van der Waals surface area contributed by atoms with E-state index < -0.39 is 35.7 Å². The van der Waals surface area contributed by atoms with Crippen LogP contribution in [0.1, 0.15) is 20.3 Å². The third kappa shape index (κ3) is 4.86. The van der Waals surface area contributed by atoms with E-state index >= 15 is 0 Å². The molecular weight excluding hydrogens is 398 g/mol. The van der Waals surface area contributed by atoms with Crippen molar-refractivity contribution in [2.75, 3.05) is 7.11 Å². The summed E-state index contributed by atoms with van der Waals surface area (Å²) < 4.78 is 69.3. The molecule has 0 radical (unpaired) electrons. The van der Waals surface area contributed by atoms with Crippen LogP contribution in [0.25, 0.3) is 10.8 Å². The molecule has 2 aromatic rings. The molecule has 0 heterocycles. The molecule has 0 aliphatic rings. The van der Waals surface area contributed by atoms with E-state index in [0.29, 0.717) is 0 Å². The van der Waals surface area contributed by atoms with Gasteiger partial charge in [-0.25, -0.2) is 5.53 Å². The molecule has 0 amide bonds. The van der Waals surface area contributed by atoms with Gasteiger partial charge >= 0.3 is 0 Å². The van der Waals surface area contributed by atoms with Crippen molar-refractivity contribution in [3.63, 3.8) is 0 Å². The number of hydrogen-bond acceptors (Lipinski definition) is 8. The largest absolute Gasteiger partial charge is 0.494 e. The summed E-state index contributed by atoms with van der Waals surface area (Å²) >= 11 is 0. The van der Waals surface area contributed by atoms with Crippen molar-refractivity contribution >= 4 is 49.1 Å². The van der Waals surface area contributed by atoms with E-state index in [2.05, 4.69) is 30.7 Å². The van der Waals surface area contributed by atoms with Crippen LogP contribution in [0, 0.1) is 5.53 Å². The molecule has 0 saturated heterocycles. The molecule has 0 fully saturated rings. The SMILES string of the molecule is C=Nc1cc(S(=O)(=O)O)cc2cc(S(=O)(=O)O)c(N=N)c(OC)c12.CCC. The van der Waals surface area contributed by atoms with E-state index in [0.717, 1.165) is 18.2 Å². The molecule has 148 valence electrons. The molecule has 2 aromatic carbocycles. The van der Waals surface area contributed by atoms with Gasteiger partial charge in [-0.1, -0.05) is 20.3 Å². The third-order valence-electron chi connectivity index (χ3n) is 3.15. The number of methoxy groups -OCH3 is 1. The van der Waals surface area contributed by atoms with E-state index in [9.17, 15) is 25.9 Å². The molecule has 0 saturated carbocycles. The maximum Gasteiger partial charge on any atom is 0.296 e. The van der Waals surface area contributed by atoms with Crippen LogP contribution in [0.2, 0.25) is 0 Å². The summed E-state index contributed by atoms with van der Waals surface area (Å²) in [6, 6.07) is 2.85. The molecule has 2 rings (SSSR count). The van der Waals surface area contributed by atoms with Gasteiger partial charge in [0.1, 0.15) is 10.6 Å². The summed E-state index contributed by atoms with van der Waals surface area (Å²) in [6.07, 6.45) is 1.25. The second-order valence-corrected chi connectivity index (χ2v) is 8.04. The first-order chi connectivity index (χ1) is 12.5. The molecule has 12 heteroatoms. The Balaban J connectivity index is 0.00000114. The Hall–Kier alpha value is -2.41. The molecule has 10 nitrogen and oxygen atoms in total. The Morgan fingerprint density at radius 2 is 1.67 bits per heavy atom. The van der Waals surface area contributed by atoms with Crippen LogP contribution < -0.4 is 4.74 Å². The minimum Gasteiger partial charge on any atom is -0.494 e. The lowest BCUT2D eigenvalue weighted by molar-refractivity contribution is 0.418. The highest BCUT2D eigenvalue weighted by Gasteiger charge is 2.25. The lowest BCUT2D eigenvalue weighted by Gasteiger charge is -2.14. The van der Waals surface area contributed by atoms with E-state index in [1.165, 1.54) is 13.5 Å². The number of rotatable bonds is 5. The highest BCUT2D eigenvalue weighted by molar-refractivity contribution is 7.86. The van der Waals surface area contributed by atoms with E-state index in [1.54, 1.807) is 0 Å². The summed E-state index contributed by atoms with van der Waals surface area (Å²) in [7, 11) is -8.23. The van der Waals surface area contributed by atoms with Crippen molar-refractivity contribution in [3.05, 3.63) is 18.2 Å². The van der Waals surface area contributed by atoms with Gasteiger partial charge in [-0.2, -0.15) is 21.9 Å². The summed E-state index contributed by atoms with van der Waals surface area (Å²) in [5.41, 5.74) is 6.60. The summed E-state index contributed by atoms with van der Waals surface area (Å²) in [5, 5.41) is 3.13. The van der Waals surface area contributed by atoms with Crippen molar-refractivity contribution in [1.82, 2.24) is 0 Å². The number of aliphatic imine (C=N–C) groups is 1. The van der Waals surface area contributed by atoms with Crippen molar-refractivity contribution in [1.29, 1.82) is 5.53 Å². The number of ether oxygens (including phenoxy) is 1. The summed E-state index contributed by atoms with van der Waals surface area (Å²) in [6.45, 7) is 7.53. The van der Waals surface area contributed by atoms with Crippen LogP contribution in [-0.4, -0.2) is 39.8 Å². The standard InChI is InChI=1S/C12H11N3O7S2.C3H8/c1-14-8-5-7(23(16,17)18)3-6-4-9(24(19,20)21)11(15-13)12(22-2)10(6)8;1-3-2/h3-5,13H,1H2,2H3,(H,16,17,18)(H,19,20,21);3H2,1-2H3. The zero-order valence-electron chi connectivity index (χ0n) is 14.8. The first-order valence-electron chi connectivity index (χ1n) is 7.44. The molecule has 0 aliphatic carbocycles. The number of hydrogen-bond donors (Lipinski definition) is 3.